The maximum Gasteiger partial charge on any atom is 0.407 e. The Kier molecular flexibility index (Phi) is 3.31. The first-order valence-corrected chi connectivity index (χ1v) is 5.58. The van der Waals surface area contributed by atoms with Crippen molar-refractivity contribution < 1.29 is 15.0 Å². The number of benzene rings is 1. The molecule has 5 heteroatoms. The number of carbonyl (C=O) groups is 1. The lowest BCUT2D eigenvalue weighted by Crippen LogP contribution is -2.52. The third-order valence-corrected chi connectivity index (χ3v) is 3.22. The minimum Gasteiger partial charge on any atom is -0.465 e. The van der Waals surface area contributed by atoms with Gasteiger partial charge in [-0.25, -0.2) is 4.79 Å². The van der Waals surface area contributed by atoms with Crippen LogP contribution >= 0.6 is 0 Å². The lowest BCUT2D eigenvalue weighted by Gasteiger charge is -2.37. The molecule has 0 aliphatic carbocycles. The molecule has 0 bridgehead atoms. The SMILES string of the molecule is NC[C@H](O)[C@H]1Cc2ccccc2CN1C(=O)O. The summed E-state index contributed by atoms with van der Waals surface area (Å²) in [6.07, 6.45) is -1.32. The van der Waals surface area contributed by atoms with Crippen LogP contribution in [0.1, 0.15) is 11.1 Å². The maximum absolute atomic E-state index is 11.2. The zero-order valence-electron chi connectivity index (χ0n) is 9.41. The number of carboxylic acid groups (broad SMARTS) is 1. The molecular weight excluding hydrogens is 220 g/mol. The third kappa shape index (κ3) is 2.25. The Hall–Kier alpha value is -1.59. The molecule has 1 aliphatic heterocycles. The van der Waals surface area contributed by atoms with Crippen LogP contribution in [0.15, 0.2) is 24.3 Å². The van der Waals surface area contributed by atoms with Crippen LogP contribution < -0.4 is 5.73 Å². The second-order valence-corrected chi connectivity index (χ2v) is 4.25. The highest BCUT2D eigenvalue weighted by molar-refractivity contribution is 5.66. The molecule has 5 nitrogen and oxygen atoms in total. The van der Waals surface area contributed by atoms with Crippen molar-refractivity contribution in [3.63, 3.8) is 0 Å². The number of hydrogen-bond donors (Lipinski definition) is 3. The van der Waals surface area contributed by atoms with E-state index in [4.69, 9.17) is 10.8 Å². The van der Waals surface area contributed by atoms with Crippen LogP contribution in [0.3, 0.4) is 0 Å². The molecule has 0 saturated carbocycles. The van der Waals surface area contributed by atoms with Crippen molar-refractivity contribution in [1.82, 2.24) is 4.90 Å². The minimum atomic E-state index is -1.02. The highest BCUT2D eigenvalue weighted by Gasteiger charge is 2.33. The number of rotatable bonds is 2. The van der Waals surface area contributed by atoms with Gasteiger partial charge in [-0.1, -0.05) is 24.3 Å². The Morgan fingerprint density at radius 1 is 1.47 bits per heavy atom. The van der Waals surface area contributed by atoms with Gasteiger partial charge in [0.25, 0.3) is 0 Å². The van der Waals surface area contributed by atoms with Gasteiger partial charge < -0.3 is 15.9 Å². The molecule has 17 heavy (non-hydrogen) atoms. The van der Waals surface area contributed by atoms with E-state index < -0.39 is 18.2 Å². The molecular formula is C12H16N2O3. The van der Waals surface area contributed by atoms with Crippen LogP contribution in [0.2, 0.25) is 0 Å². The van der Waals surface area contributed by atoms with E-state index in [1.54, 1.807) is 0 Å². The van der Waals surface area contributed by atoms with Gasteiger partial charge in [-0.05, 0) is 17.5 Å². The summed E-state index contributed by atoms with van der Waals surface area (Å²) in [7, 11) is 0. The molecule has 2 rings (SSSR count). The largest absolute Gasteiger partial charge is 0.465 e. The third-order valence-electron chi connectivity index (χ3n) is 3.22. The lowest BCUT2D eigenvalue weighted by atomic mass is 9.91. The van der Waals surface area contributed by atoms with E-state index in [0.717, 1.165) is 11.1 Å². The van der Waals surface area contributed by atoms with Gasteiger partial charge in [0.1, 0.15) is 0 Å². The van der Waals surface area contributed by atoms with E-state index in [9.17, 15) is 9.90 Å². The van der Waals surface area contributed by atoms with Gasteiger partial charge in [-0.3, -0.25) is 4.90 Å². The smallest absolute Gasteiger partial charge is 0.407 e. The Bertz CT molecular complexity index is 422. The molecule has 2 atom stereocenters. The quantitative estimate of drug-likeness (QED) is 0.694. The van der Waals surface area contributed by atoms with Gasteiger partial charge >= 0.3 is 6.09 Å². The summed E-state index contributed by atoms with van der Waals surface area (Å²) < 4.78 is 0. The molecule has 0 radical (unpaired) electrons. The Morgan fingerprint density at radius 3 is 2.71 bits per heavy atom. The van der Waals surface area contributed by atoms with Crippen molar-refractivity contribution in [2.24, 2.45) is 5.73 Å². The van der Waals surface area contributed by atoms with E-state index >= 15 is 0 Å². The van der Waals surface area contributed by atoms with E-state index in [1.165, 1.54) is 4.90 Å². The fourth-order valence-corrected chi connectivity index (χ4v) is 2.26. The summed E-state index contributed by atoms with van der Waals surface area (Å²) in [6.45, 7) is 0.379. The Labute approximate surface area is 99.5 Å². The molecule has 0 unspecified atom stereocenters. The molecule has 1 amide bonds. The topological polar surface area (TPSA) is 86.8 Å². The number of amides is 1. The molecule has 0 fully saturated rings. The predicted molar refractivity (Wildman–Crippen MR) is 62.6 cm³/mol. The molecule has 1 heterocycles. The normalized spacial score (nSPS) is 20.8. The zero-order valence-corrected chi connectivity index (χ0v) is 9.41. The van der Waals surface area contributed by atoms with Gasteiger partial charge in [0, 0.05) is 13.1 Å². The minimum absolute atomic E-state index is 0.0661. The monoisotopic (exact) mass is 236 g/mol. The molecule has 0 saturated heterocycles. The second kappa shape index (κ2) is 4.73. The summed E-state index contributed by atoms with van der Waals surface area (Å²) in [5.41, 5.74) is 7.50. The number of aliphatic hydroxyl groups is 1. The second-order valence-electron chi connectivity index (χ2n) is 4.25. The van der Waals surface area contributed by atoms with Crippen molar-refractivity contribution >= 4 is 6.09 Å². The average Bonchev–Trinajstić information content (AvgIpc) is 2.36. The Balaban J connectivity index is 2.31. The van der Waals surface area contributed by atoms with Crippen LogP contribution in [-0.4, -0.2) is 39.9 Å². The van der Waals surface area contributed by atoms with Crippen molar-refractivity contribution in [2.75, 3.05) is 6.54 Å². The van der Waals surface area contributed by atoms with Crippen LogP contribution in [0.25, 0.3) is 0 Å². The highest BCUT2D eigenvalue weighted by atomic mass is 16.4. The molecule has 1 aliphatic rings. The van der Waals surface area contributed by atoms with Gasteiger partial charge in [-0.15, -0.1) is 0 Å². The zero-order chi connectivity index (χ0) is 12.4. The number of hydrogen-bond acceptors (Lipinski definition) is 3. The van der Waals surface area contributed by atoms with Crippen LogP contribution in [-0.2, 0) is 13.0 Å². The molecule has 4 N–H and O–H groups in total. The van der Waals surface area contributed by atoms with Crippen molar-refractivity contribution in [1.29, 1.82) is 0 Å². The first-order valence-electron chi connectivity index (χ1n) is 5.58. The molecule has 92 valence electrons. The Morgan fingerprint density at radius 2 is 2.12 bits per heavy atom. The van der Waals surface area contributed by atoms with E-state index in [0.29, 0.717) is 13.0 Å². The van der Waals surface area contributed by atoms with Gasteiger partial charge in [0.05, 0.1) is 12.1 Å². The van der Waals surface area contributed by atoms with Crippen LogP contribution in [0.5, 0.6) is 0 Å². The molecule has 1 aromatic carbocycles. The number of fused-ring (bicyclic) bond motifs is 1. The highest BCUT2D eigenvalue weighted by Crippen LogP contribution is 2.24. The maximum atomic E-state index is 11.2. The summed E-state index contributed by atoms with van der Waals surface area (Å²) >= 11 is 0. The lowest BCUT2D eigenvalue weighted by molar-refractivity contribution is 0.0431. The van der Waals surface area contributed by atoms with Crippen molar-refractivity contribution in [3.8, 4) is 0 Å². The van der Waals surface area contributed by atoms with E-state index in [1.807, 2.05) is 24.3 Å². The molecule has 0 spiro atoms. The van der Waals surface area contributed by atoms with Gasteiger partial charge in [-0.2, -0.15) is 0 Å². The molecule has 1 aromatic rings. The van der Waals surface area contributed by atoms with Crippen LogP contribution in [0.4, 0.5) is 4.79 Å². The van der Waals surface area contributed by atoms with E-state index in [2.05, 4.69) is 0 Å². The average molecular weight is 236 g/mol. The summed E-state index contributed by atoms with van der Waals surface area (Å²) in [5.74, 6) is 0. The summed E-state index contributed by atoms with van der Waals surface area (Å²) in [5, 5.41) is 19.0. The number of nitrogens with zero attached hydrogens (tertiary/aromatic N) is 1. The van der Waals surface area contributed by atoms with Crippen molar-refractivity contribution in [3.05, 3.63) is 35.4 Å². The first-order chi connectivity index (χ1) is 8.13. The number of nitrogens with two attached hydrogens (primary N) is 1. The first kappa shape index (κ1) is 11.9. The van der Waals surface area contributed by atoms with Gasteiger partial charge in [0.15, 0.2) is 0 Å². The van der Waals surface area contributed by atoms with Crippen molar-refractivity contribution in [2.45, 2.75) is 25.1 Å². The molecule has 0 aromatic heterocycles. The predicted octanol–water partition coefficient (Wildman–Crippen LogP) is 0.411. The number of aliphatic hydroxyl groups excluding tert-OH is 1. The van der Waals surface area contributed by atoms with Gasteiger partial charge in [0.2, 0.25) is 0 Å². The fraction of sp³-hybridized carbons (Fsp3) is 0.417. The standard InChI is InChI=1S/C12H16N2O3/c13-6-11(15)10-5-8-3-1-2-4-9(8)7-14(10)12(16)17/h1-4,10-11,15H,5-7,13H2,(H,16,17)/t10-,11+/m1/s1. The van der Waals surface area contributed by atoms with Crippen LogP contribution in [0, 0.1) is 0 Å². The van der Waals surface area contributed by atoms with E-state index in [-0.39, 0.29) is 6.54 Å². The fourth-order valence-electron chi connectivity index (χ4n) is 2.26. The summed E-state index contributed by atoms with van der Waals surface area (Å²) in [4.78, 5) is 12.4. The summed E-state index contributed by atoms with van der Waals surface area (Å²) in [6, 6.07) is 7.23.